The second-order valence-electron chi connectivity index (χ2n) is 4.92. The number of aryl methyl sites for hydroxylation is 1. The number of benzene rings is 2. The average molecular weight is 368 g/mol. The summed E-state index contributed by atoms with van der Waals surface area (Å²) in [5.41, 5.74) is 0.793. The zero-order valence-corrected chi connectivity index (χ0v) is 14.5. The Morgan fingerprint density at radius 2 is 1.43 bits per heavy atom. The molecule has 3 nitrogen and oxygen atoms in total. The molecule has 0 heterocycles. The molecule has 7 heteroatoms. The van der Waals surface area contributed by atoms with Crippen molar-refractivity contribution in [3.8, 4) is 0 Å². The fourth-order valence-corrected chi connectivity index (χ4v) is 5.36. The Morgan fingerprint density at radius 1 is 0.857 bits per heavy atom. The first-order valence-electron chi connectivity index (χ1n) is 6.01. The zero-order valence-electron chi connectivity index (χ0n) is 11.3. The molecule has 114 valence electrons. The van der Waals surface area contributed by atoms with Gasteiger partial charge in [0.15, 0.2) is 0 Å². The first-order chi connectivity index (χ1) is 9.53. The molecule has 0 amide bonds. The van der Waals surface area contributed by atoms with E-state index in [9.17, 15) is 14.7 Å². The summed E-state index contributed by atoms with van der Waals surface area (Å²) in [4.78, 5) is 32.1. The molecule has 2 rings (SSSR count). The molecule has 0 saturated heterocycles. The van der Waals surface area contributed by atoms with Gasteiger partial charge in [-0.15, -0.1) is 0 Å². The van der Waals surface area contributed by atoms with Gasteiger partial charge in [0, 0.05) is 0 Å². The fraction of sp³-hybridized carbons (Fsp3) is 0.143. The maximum atomic E-state index is 10.7. The minimum atomic E-state index is -5.31. The van der Waals surface area contributed by atoms with Crippen LogP contribution in [0.3, 0.4) is 0 Å². The standard InChI is InChI=1S/C14H14Cl3O3P/c1-8-7-10(15)3-5-12(8)21(18,19,20)13-6-4-11(16)14(17)9(13)2/h3-7,18-20H,1-2H3. The predicted octanol–water partition coefficient (Wildman–Crippen LogP) is 3.49. The Bertz CT molecular complexity index is 723. The van der Waals surface area contributed by atoms with Crippen LogP contribution in [0.5, 0.6) is 0 Å². The SMILES string of the molecule is Cc1cc(Cl)ccc1P(O)(O)(O)c1ccc(Cl)c(Cl)c1C. The van der Waals surface area contributed by atoms with Gasteiger partial charge in [-0.05, 0) is 0 Å². The Balaban J connectivity index is 2.77. The van der Waals surface area contributed by atoms with Gasteiger partial charge in [0.2, 0.25) is 0 Å². The number of hydrogen-bond donors (Lipinski definition) is 3. The van der Waals surface area contributed by atoms with Gasteiger partial charge in [-0.1, -0.05) is 0 Å². The molecule has 21 heavy (non-hydrogen) atoms. The molecule has 0 spiro atoms. The summed E-state index contributed by atoms with van der Waals surface area (Å²) in [6.07, 6.45) is 0. The van der Waals surface area contributed by atoms with Crippen LogP contribution >= 0.6 is 42.1 Å². The van der Waals surface area contributed by atoms with Crippen molar-refractivity contribution in [2.45, 2.75) is 13.8 Å². The third kappa shape index (κ3) is 2.93. The molecular weight excluding hydrogens is 353 g/mol. The molecule has 0 saturated carbocycles. The van der Waals surface area contributed by atoms with E-state index in [-0.39, 0.29) is 20.7 Å². The fourth-order valence-electron chi connectivity index (χ4n) is 2.30. The second-order valence-corrected chi connectivity index (χ2v) is 9.06. The van der Waals surface area contributed by atoms with E-state index in [4.69, 9.17) is 34.8 Å². The Labute approximate surface area is 137 Å². The molecule has 0 aromatic heterocycles. The van der Waals surface area contributed by atoms with Gasteiger partial charge in [-0.2, -0.15) is 0 Å². The van der Waals surface area contributed by atoms with Gasteiger partial charge in [-0.3, -0.25) is 0 Å². The van der Waals surface area contributed by atoms with Crippen LogP contribution in [-0.4, -0.2) is 14.7 Å². The predicted molar refractivity (Wildman–Crippen MR) is 90.2 cm³/mol. The van der Waals surface area contributed by atoms with Crippen molar-refractivity contribution in [3.05, 3.63) is 56.5 Å². The second kappa shape index (κ2) is 5.36. The van der Waals surface area contributed by atoms with E-state index in [1.807, 2.05) is 0 Å². The third-order valence-electron chi connectivity index (χ3n) is 3.36. The maximum absolute atomic E-state index is 10.7. The van der Waals surface area contributed by atoms with Crippen LogP contribution in [0.2, 0.25) is 15.1 Å². The molecule has 0 radical (unpaired) electrons. The monoisotopic (exact) mass is 366 g/mol. The average Bonchev–Trinajstić information content (AvgIpc) is 2.34. The van der Waals surface area contributed by atoms with Gasteiger partial charge in [0.1, 0.15) is 0 Å². The molecule has 0 aliphatic carbocycles. The van der Waals surface area contributed by atoms with E-state index >= 15 is 0 Å². The summed E-state index contributed by atoms with van der Waals surface area (Å²) in [6, 6.07) is 7.23. The van der Waals surface area contributed by atoms with Crippen molar-refractivity contribution in [1.82, 2.24) is 0 Å². The van der Waals surface area contributed by atoms with Crippen LogP contribution < -0.4 is 10.6 Å². The number of hydrogen-bond acceptors (Lipinski definition) is 3. The molecule has 0 bridgehead atoms. The molecule has 0 aliphatic heterocycles. The van der Waals surface area contributed by atoms with Crippen LogP contribution in [0, 0.1) is 13.8 Å². The van der Waals surface area contributed by atoms with Crippen LogP contribution in [0.4, 0.5) is 0 Å². The van der Waals surface area contributed by atoms with Crippen LogP contribution in [-0.2, 0) is 0 Å². The molecule has 0 unspecified atom stereocenters. The molecule has 2 aromatic carbocycles. The summed E-state index contributed by atoms with van der Waals surface area (Å²) >= 11 is 17.8. The van der Waals surface area contributed by atoms with E-state index in [2.05, 4.69) is 0 Å². The van der Waals surface area contributed by atoms with E-state index in [1.165, 1.54) is 24.3 Å². The van der Waals surface area contributed by atoms with E-state index in [0.717, 1.165) is 0 Å². The summed E-state index contributed by atoms with van der Waals surface area (Å²) in [6.45, 7) is 3.21. The Hall–Kier alpha value is -0.380. The number of halogens is 3. The Morgan fingerprint density at radius 3 is 2.00 bits per heavy atom. The summed E-state index contributed by atoms with van der Waals surface area (Å²) in [7, 11) is -5.31. The zero-order chi connectivity index (χ0) is 16.0. The topological polar surface area (TPSA) is 60.7 Å². The van der Waals surface area contributed by atoms with Gasteiger partial charge < -0.3 is 0 Å². The molecular formula is C14H14Cl3O3P. The van der Waals surface area contributed by atoms with Crippen molar-refractivity contribution in [1.29, 1.82) is 0 Å². The summed E-state index contributed by atoms with van der Waals surface area (Å²) < 4.78 is 0. The normalized spacial score (nSPS) is 13.8. The number of rotatable bonds is 2. The molecule has 0 fully saturated rings. The van der Waals surface area contributed by atoms with E-state index in [0.29, 0.717) is 16.1 Å². The van der Waals surface area contributed by atoms with Gasteiger partial charge in [-0.25, -0.2) is 0 Å². The van der Waals surface area contributed by atoms with E-state index < -0.39 is 7.28 Å². The van der Waals surface area contributed by atoms with Crippen molar-refractivity contribution in [2.75, 3.05) is 0 Å². The van der Waals surface area contributed by atoms with Gasteiger partial charge >= 0.3 is 138 Å². The van der Waals surface area contributed by atoms with Gasteiger partial charge in [0.05, 0.1) is 0 Å². The van der Waals surface area contributed by atoms with Crippen molar-refractivity contribution in [3.63, 3.8) is 0 Å². The minimum absolute atomic E-state index is 0.0203. The van der Waals surface area contributed by atoms with E-state index in [1.54, 1.807) is 19.9 Å². The van der Waals surface area contributed by atoms with Crippen molar-refractivity contribution in [2.24, 2.45) is 0 Å². The molecule has 3 N–H and O–H groups in total. The molecule has 2 aromatic rings. The summed E-state index contributed by atoms with van der Waals surface area (Å²) in [5.74, 6) is 0. The van der Waals surface area contributed by atoms with Crippen LogP contribution in [0.1, 0.15) is 11.1 Å². The van der Waals surface area contributed by atoms with Crippen molar-refractivity contribution < 1.29 is 14.7 Å². The third-order valence-corrected chi connectivity index (χ3v) is 7.25. The van der Waals surface area contributed by atoms with Gasteiger partial charge in [0.25, 0.3) is 0 Å². The quantitative estimate of drug-likeness (QED) is 0.712. The van der Waals surface area contributed by atoms with Crippen LogP contribution in [0.25, 0.3) is 0 Å². The van der Waals surface area contributed by atoms with Crippen LogP contribution in [0.15, 0.2) is 30.3 Å². The Kier molecular flexibility index (Phi) is 4.34. The molecule has 0 aliphatic rings. The first kappa shape index (κ1) is 17.0. The first-order valence-corrected chi connectivity index (χ1v) is 9.24. The summed E-state index contributed by atoms with van der Waals surface area (Å²) in [5, 5.41) is 0.867. The van der Waals surface area contributed by atoms with Crippen molar-refractivity contribution >= 4 is 52.7 Å². The molecule has 0 atom stereocenters.